The first-order valence-corrected chi connectivity index (χ1v) is 9.35. The molecule has 4 heteroatoms. The molecule has 0 fully saturated rings. The third-order valence-electron chi connectivity index (χ3n) is 5.06. The van der Waals surface area contributed by atoms with Gasteiger partial charge in [0.05, 0.1) is 23.9 Å². The summed E-state index contributed by atoms with van der Waals surface area (Å²) in [5.74, 6) is 0.204. The molecule has 0 saturated heterocycles. The van der Waals surface area contributed by atoms with Crippen molar-refractivity contribution in [3.63, 3.8) is 0 Å². The number of hydrogen-bond donors (Lipinski definition) is 0. The Hall–Kier alpha value is -2.67. The molecule has 1 atom stereocenters. The van der Waals surface area contributed by atoms with E-state index in [1.807, 2.05) is 38.1 Å². The summed E-state index contributed by atoms with van der Waals surface area (Å²) < 4.78 is 15.7. The second kappa shape index (κ2) is 7.70. The van der Waals surface area contributed by atoms with Gasteiger partial charge in [-0.25, -0.2) is 4.98 Å². The van der Waals surface area contributed by atoms with Gasteiger partial charge < -0.3 is 4.57 Å². The molecule has 0 radical (unpaired) electrons. The van der Waals surface area contributed by atoms with Crippen molar-refractivity contribution in [1.29, 1.82) is 5.26 Å². The lowest BCUT2D eigenvalue weighted by Crippen LogP contribution is -2.07. The Morgan fingerprint density at radius 2 is 2.04 bits per heavy atom. The number of rotatable bonds is 3. The van der Waals surface area contributed by atoms with Crippen molar-refractivity contribution in [2.24, 2.45) is 5.92 Å². The normalized spacial score (nSPS) is 15.3. The molecule has 1 unspecified atom stereocenters. The van der Waals surface area contributed by atoms with Crippen LogP contribution < -0.4 is 0 Å². The van der Waals surface area contributed by atoms with Crippen LogP contribution in [0.5, 0.6) is 0 Å². The Morgan fingerprint density at radius 3 is 2.73 bits per heavy atom. The molecule has 2 heterocycles. The molecule has 0 N–H and O–H groups in total. The summed E-state index contributed by atoms with van der Waals surface area (Å²) in [6.45, 7) is 6.78. The third kappa shape index (κ3) is 3.22. The van der Waals surface area contributed by atoms with E-state index in [0.717, 1.165) is 35.9 Å². The zero-order chi connectivity index (χ0) is 18.7. The van der Waals surface area contributed by atoms with Crippen LogP contribution in [0.25, 0.3) is 10.9 Å². The number of nitrogens with zero attached hydrogens (tertiary/aromatic N) is 3. The molecule has 134 valence electrons. The molecule has 3 aromatic rings. The van der Waals surface area contributed by atoms with E-state index in [9.17, 15) is 9.65 Å². The fourth-order valence-corrected chi connectivity index (χ4v) is 3.81. The summed E-state index contributed by atoms with van der Waals surface area (Å²) in [6.07, 6.45) is 3.24. The van der Waals surface area contributed by atoms with Crippen molar-refractivity contribution in [1.82, 2.24) is 9.55 Å². The number of aromatic nitrogens is 2. The standard InChI is InChI=1S/C20H18FN3.C2H6/c1-2-13-8-17-16-9-14(11-22)6-7-18(16)24(19(17)10-13)12-15-4-3-5-20(21)23-15;1-2/h3-7,9,13H,2,8,10,12H2,1H3;1-2H3. The lowest BCUT2D eigenvalue weighted by molar-refractivity contribution is 0.530. The van der Waals surface area contributed by atoms with Crippen LogP contribution in [-0.4, -0.2) is 9.55 Å². The van der Waals surface area contributed by atoms with Gasteiger partial charge in [-0.05, 0) is 54.7 Å². The number of fused-ring (bicyclic) bond motifs is 3. The fraction of sp³-hybridized carbons (Fsp3) is 0.364. The molecular weight excluding hydrogens is 325 g/mol. The van der Waals surface area contributed by atoms with Gasteiger partial charge in [0.25, 0.3) is 0 Å². The molecule has 1 aliphatic rings. The van der Waals surface area contributed by atoms with Crippen LogP contribution in [0.2, 0.25) is 0 Å². The maximum Gasteiger partial charge on any atom is 0.213 e. The number of hydrogen-bond acceptors (Lipinski definition) is 2. The summed E-state index contributed by atoms with van der Waals surface area (Å²) >= 11 is 0. The van der Waals surface area contributed by atoms with Gasteiger partial charge in [-0.1, -0.05) is 33.3 Å². The Kier molecular flexibility index (Phi) is 5.37. The molecule has 26 heavy (non-hydrogen) atoms. The highest BCUT2D eigenvalue weighted by Gasteiger charge is 2.27. The third-order valence-corrected chi connectivity index (χ3v) is 5.06. The fourth-order valence-electron chi connectivity index (χ4n) is 3.81. The molecule has 1 aromatic carbocycles. The van der Waals surface area contributed by atoms with Crippen molar-refractivity contribution in [2.75, 3.05) is 0 Å². The molecule has 2 aromatic heterocycles. The molecule has 0 amide bonds. The molecule has 1 aliphatic carbocycles. The Morgan fingerprint density at radius 1 is 1.23 bits per heavy atom. The minimum Gasteiger partial charge on any atom is -0.338 e. The van der Waals surface area contributed by atoms with Gasteiger partial charge >= 0.3 is 0 Å². The lowest BCUT2D eigenvalue weighted by Gasteiger charge is -2.11. The summed E-state index contributed by atoms with van der Waals surface area (Å²) in [5, 5.41) is 10.4. The van der Waals surface area contributed by atoms with Crippen LogP contribution in [0, 0.1) is 23.2 Å². The highest BCUT2D eigenvalue weighted by molar-refractivity contribution is 5.87. The van der Waals surface area contributed by atoms with E-state index in [1.54, 1.807) is 6.07 Å². The van der Waals surface area contributed by atoms with E-state index in [0.29, 0.717) is 18.0 Å². The zero-order valence-corrected chi connectivity index (χ0v) is 15.6. The van der Waals surface area contributed by atoms with Crippen molar-refractivity contribution in [3.8, 4) is 6.07 Å². The van der Waals surface area contributed by atoms with E-state index in [4.69, 9.17) is 0 Å². The Bertz CT molecular complexity index is 965. The first-order valence-electron chi connectivity index (χ1n) is 9.35. The van der Waals surface area contributed by atoms with E-state index >= 15 is 0 Å². The number of halogens is 1. The van der Waals surface area contributed by atoms with Crippen LogP contribution in [0.1, 0.15) is 49.7 Å². The summed E-state index contributed by atoms with van der Waals surface area (Å²) in [4.78, 5) is 4.01. The first kappa shape index (κ1) is 18.1. The SMILES string of the molecule is CC.CCC1Cc2c(n(Cc3cccc(F)n3)c3ccc(C#N)cc23)C1. The monoisotopic (exact) mass is 349 g/mol. The number of pyridine rings is 1. The molecule has 4 rings (SSSR count). The van der Waals surface area contributed by atoms with Crippen molar-refractivity contribution in [3.05, 3.63) is 64.9 Å². The van der Waals surface area contributed by atoms with Gasteiger partial charge in [-0.2, -0.15) is 9.65 Å². The highest BCUT2D eigenvalue weighted by Crippen LogP contribution is 2.37. The molecule has 0 saturated carbocycles. The van der Waals surface area contributed by atoms with Crippen molar-refractivity contribution >= 4 is 10.9 Å². The van der Waals surface area contributed by atoms with Crippen LogP contribution in [0.3, 0.4) is 0 Å². The van der Waals surface area contributed by atoms with Crippen molar-refractivity contribution < 1.29 is 4.39 Å². The molecule has 0 spiro atoms. The zero-order valence-electron chi connectivity index (χ0n) is 15.6. The smallest absolute Gasteiger partial charge is 0.213 e. The topological polar surface area (TPSA) is 41.6 Å². The van der Waals surface area contributed by atoms with Crippen LogP contribution in [0.15, 0.2) is 36.4 Å². The Balaban J connectivity index is 0.000000948. The van der Waals surface area contributed by atoms with Gasteiger partial charge in [-0.3, -0.25) is 0 Å². The maximum absolute atomic E-state index is 13.4. The van der Waals surface area contributed by atoms with Gasteiger partial charge in [0.2, 0.25) is 5.95 Å². The second-order valence-corrected chi connectivity index (χ2v) is 6.49. The van der Waals surface area contributed by atoms with E-state index in [-0.39, 0.29) is 0 Å². The summed E-state index contributed by atoms with van der Waals surface area (Å²) in [7, 11) is 0. The van der Waals surface area contributed by atoms with E-state index in [2.05, 4.69) is 22.5 Å². The lowest BCUT2D eigenvalue weighted by atomic mass is 10.0. The van der Waals surface area contributed by atoms with Crippen LogP contribution in [-0.2, 0) is 19.4 Å². The molecule has 0 bridgehead atoms. The van der Waals surface area contributed by atoms with Crippen LogP contribution >= 0.6 is 0 Å². The quantitative estimate of drug-likeness (QED) is 0.606. The van der Waals surface area contributed by atoms with Crippen LogP contribution in [0.4, 0.5) is 4.39 Å². The van der Waals surface area contributed by atoms with Gasteiger partial charge in [0.1, 0.15) is 0 Å². The highest BCUT2D eigenvalue weighted by atomic mass is 19.1. The average Bonchev–Trinajstić information content (AvgIpc) is 3.22. The predicted octanol–water partition coefficient (Wildman–Crippen LogP) is 5.25. The second-order valence-electron chi connectivity index (χ2n) is 6.49. The van der Waals surface area contributed by atoms with Gasteiger partial charge in [0.15, 0.2) is 0 Å². The largest absolute Gasteiger partial charge is 0.338 e. The average molecular weight is 349 g/mol. The van der Waals surface area contributed by atoms with E-state index in [1.165, 1.54) is 17.3 Å². The number of nitriles is 1. The first-order chi connectivity index (χ1) is 12.7. The predicted molar refractivity (Wildman–Crippen MR) is 102 cm³/mol. The number of benzene rings is 1. The summed E-state index contributed by atoms with van der Waals surface area (Å²) in [6, 6.07) is 13.0. The van der Waals surface area contributed by atoms with Crippen molar-refractivity contribution in [2.45, 2.75) is 46.6 Å². The summed E-state index contributed by atoms with van der Waals surface area (Å²) in [5.41, 5.74) is 5.19. The van der Waals surface area contributed by atoms with Gasteiger partial charge in [0, 0.05) is 16.6 Å². The van der Waals surface area contributed by atoms with Gasteiger partial charge in [-0.15, -0.1) is 0 Å². The minimum absolute atomic E-state index is 0.446. The maximum atomic E-state index is 13.4. The van der Waals surface area contributed by atoms with E-state index < -0.39 is 5.95 Å². The molecule has 0 aliphatic heterocycles. The minimum atomic E-state index is -0.446. The molecule has 3 nitrogen and oxygen atoms in total. The molecular formula is C22H24FN3. The Labute approximate surface area is 154 Å².